The second-order valence-electron chi connectivity index (χ2n) is 13.3. The summed E-state index contributed by atoms with van der Waals surface area (Å²) in [6.07, 6.45) is 3.74. The minimum atomic E-state index is -1.11. The average molecular weight is 585 g/mol. The Hall–Kier alpha value is -2.66. The first-order chi connectivity index (χ1) is 20.2. The summed E-state index contributed by atoms with van der Waals surface area (Å²) in [5.74, 6) is 0.964. The van der Waals surface area contributed by atoms with Crippen molar-refractivity contribution in [2.45, 2.75) is 70.3 Å². The van der Waals surface area contributed by atoms with Gasteiger partial charge in [0.25, 0.3) is 0 Å². The molecule has 4 N–H and O–H groups in total. The minimum absolute atomic E-state index is 0.0590. The Morgan fingerprint density at radius 3 is 2.64 bits per heavy atom. The van der Waals surface area contributed by atoms with Crippen molar-refractivity contribution in [1.82, 2.24) is 10.2 Å². The Morgan fingerprint density at radius 2 is 2.00 bits per heavy atom. The van der Waals surface area contributed by atoms with Gasteiger partial charge in [0.2, 0.25) is 11.8 Å². The topological polar surface area (TPSA) is 138 Å². The summed E-state index contributed by atoms with van der Waals surface area (Å²) in [6, 6.07) is 2.67. The van der Waals surface area contributed by atoms with Crippen molar-refractivity contribution in [2.75, 3.05) is 40.0 Å². The van der Waals surface area contributed by atoms with Crippen LogP contribution in [0.15, 0.2) is 23.8 Å². The van der Waals surface area contributed by atoms with Crippen molar-refractivity contribution in [3.63, 3.8) is 0 Å². The van der Waals surface area contributed by atoms with E-state index in [0.717, 1.165) is 18.8 Å². The van der Waals surface area contributed by atoms with Gasteiger partial charge in [-0.1, -0.05) is 13.8 Å². The number of rotatable bonds is 9. The highest BCUT2D eigenvalue weighted by Crippen LogP contribution is 2.61. The number of nitrogens with one attached hydrogen (secondary N) is 1. The number of carbonyl (C=O) groups excluding carboxylic acids is 2. The predicted molar refractivity (Wildman–Crippen MR) is 153 cm³/mol. The molecule has 3 saturated carbocycles. The molecule has 2 amide bonds. The lowest BCUT2D eigenvalue weighted by molar-refractivity contribution is -0.150. The highest BCUT2D eigenvalue weighted by Gasteiger charge is 2.56. The Morgan fingerprint density at radius 1 is 1.19 bits per heavy atom. The van der Waals surface area contributed by atoms with Crippen molar-refractivity contribution in [3.8, 4) is 11.5 Å². The summed E-state index contributed by atoms with van der Waals surface area (Å²) in [6.45, 7) is 5.65. The monoisotopic (exact) mass is 584 g/mol. The molecule has 4 fully saturated rings. The first-order valence-corrected chi connectivity index (χ1v) is 15.3. The van der Waals surface area contributed by atoms with Crippen molar-refractivity contribution in [3.05, 3.63) is 34.9 Å². The van der Waals surface area contributed by atoms with Gasteiger partial charge in [-0.3, -0.25) is 9.59 Å². The minimum Gasteiger partial charge on any atom is -0.493 e. The van der Waals surface area contributed by atoms with Crippen molar-refractivity contribution in [2.24, 2.45) is 29.1 Å². The van der Waals surface area contributed by atoms with E-state index in [0.29, 0.717) is 66.2 Å². The van der Waals surface area contributed by atoms with Crippen LogP contribution in [0.4, 0.5) is 0 Å². The third-order valence-corrected chi connectivity index (χ3v) is 10.8. The molecular weight excluding hydrogens is 540 g/mol. The third-order valence-electron chi connectivity index (χ3n) is 10.8. The molecule has 0 aromatic heterocycles. The van der Waals surface area contributed by atoms with Gasteiger partial charge in [0.1, 0.15) is 12.2 Å². The second kappa shape index (κ2) is 11.4. The highest BCUT2D eigenvalue weighted by atomic mass is 16.5. The molecule has 2 aliphatic heterocycles. The van der Waals surface area contributed by atoms with Crippen LogP contribution in [0.2, 0.25) is 0 Å². The van der Waals surface area contributed by atoms with E-state index in [4.69, 9.17) is 14.2 Å². The lowest BCUT2D eigenvalue weighted by atomic mass is 9.45. The van der Waals surface area contributed by atoms with Crippen molar-refractivity contribution in [1.29, 1.82) is 0 Å². The highest BCUT2D eigenvalue weighted by molar-refractivity contribution is 5.96. The molecular formula is C32H44N2O8. The molecule has 230 valence electrons. The summed E-state index contributed by atoms with van der Waals surface area (Å²) < 4.78 is 17.5. The number of hydrogen-bond acceptors (Lipinski definition) is 8. The van der Waals surface area contributed by atoms with Gasteiger partial charge >= 0.3 is 0 Å². The first kappa shape index (κ1) is 29.4. The molecule has 1 aromatic rings. The van der Waals surface area contributed by atoms with Gasteiger partial charge in [-0.15, -0.1) is 0 Å². The molecule has 10 nitrogen and oxygen atoms in total. The van der Waals surface area contributed by atoms with Gasteiger partial charge in [0, 0.05) is 30.8 Å². The van der Waals surface area contributed by atoms with Crippen LogP contribution in [0.1, 0.15) is 56.6 Å². The largest absolute Gasteiger partial charge is 0.493 e. The molecule has 10 heteroatoms. The normalized spacial score (nSPS) is 33.9. The van der Waals surface area contributed by atoms with Gasteiger partial charge in [-0.25, -0.2) is 0 Å². The summed E-state index contributed by atoms with van der Waals surface area (Å²) in [7, 11) is 1.51. The number of aliphatic hydroxyl groups excluding tert-OH is 3. The Bertz CT molecular complexity index is 1240. The van der Waals surface area contributed by atoms with Crippen LogP contribution in [0.25, 0.3) is 0 Å². The molecule has 1 aromatic carbocycles. The molecule has 0 radical (unpaired) electrons. The van der Waals surface area contributed by atoms with E-state index in [2.05, 4.69) is 19.2 Å². The SMILES string of the molecule is COc1cc(CO)cc2c1O[C@@H]1[C@@H](O)[C@H](N(C[C@@H]3CC[C@H]4C[C@@H]3C4(C)C)C(=O)C3CCOC3)C=C(C(=O)NCCO)[C@H]21. The fraction of sp³-hybridized carbons (Fsp3) is 0.688. The molecule has 8 atom stereocenters. The molecule has 42 heavy (non-hydrogen) atoms. The molecule has 4 aliphatic carbocycles. The summed E-state index contributed by atoms with van der Waals surface area (Å²) in [5.41, 5.74) is 1.83. The zero-order valence-electron chi connectivity index (χ0n) is 24.8. The zero-order chi connectivity index (χ0) is 29.8. The van der Waals surface area contributed by atoms with E-state index in [1.54, 1.807) is 18.2 Å². The molecule has 2 bridgehead atoms. The number of amides is 2. The third kappa shape index (κ3) is 4.80. The van der Waals surface area contributed by atoms with Crippen LogP contribution in [-0.2, 0) is 20.9 Å². The van der Waals surface area contributed by atoms with Gasteiger partial charge in [0.05, 0.1) is 44.8 Å². The van der Waals surface area contributed by atoms with E-state index in [1.165, 1.54) is 13.5 Å². The van der Waals surface area contributed by atoms with Crippen LogP contribution in [-0.4, -0.2) is 90.3 Å². The van der Waals surface area contributed by atoms with Crippen LogP contribution in [0.3, 0.4) is 0 Å². The predicted octanol–water partition coefficient (Wildman–Crippen LogP) is 1.75. The van der Waals surface area contributed by atoms with E-state index in [1.807, 2.05) is 4.90 Å². The molecule has 7 rings (SSSR count). The van der Waals surface area contributed by atoms with E-state index in [9.17, 15) is 24.9 Å². The Labute approximate surface area is 247 Å². The van der Waals surface area contributed by atoms with E-state index in [-0.39, 0.29) is 37.0 Å². The number of carbonyl (C=O) groups is 2. The van der Waals surface area contributed by atoms with Crippen LogP contribution in [0.5, 0.6) is 11.5 Å². The van der Waals surface area contributed by atoms with Gasteiger partial charge in [0.15, 0.2) is 11.5 Å². The van der Waals surface area contributed by atoms with Crippen LogP contribution >= 0.6 is 0 Å². The number of hydrogen-bond donors (Lipinski definition) is 4. The first-order valence-electron chi connectivity index (χ1n) is 15.3. The second-order valence-corrected chi connectivity index (χ2v) is 13.3. The van der Waals surface area contributed by atoms with Gasteiger partial charge in [-0.2, -0.15) is 0 Å². The molecule has 1 saturated heterocycles. The quantitative estimate of drug-likeness (QED) is 0.345. The lowest BCUT2D eigenvalue weighted by Crippen LogP contribution is -2.60. The summed E-state index contributed by atoms with van der Waals surface area (Å²) >= 11 is 0. The van der Waals surface area contributed by atoms with Gasteiger partial charge in [-0.05, 0) is 72.6 Å². The zero-order valence-corrected chi connectivity index (χ0v) is 24.8. The van der Waals surface area contributed by atoms with E-state index < -0.39 is 30.1 Å². The van der Waals surface area contributed by atoms with Crippen molar-refractivity contribution >= 4 is 11.8 Å². The molecule has 6 aliphatic rings. The Kier molecular flexibility index (Phi) is 8.02. The number of methoxy groups -OCH3 is 1. The molecule has 0 spiro atoms. The fourth-order valence-corrected chi connectivity index (χ4v) is 8.38. The fourth-order valence-electron chi connectivity index (χ4n) is 8.38. The maximum Gasteiger partial charge on any atom is 0.247 e. The number of nitrogens with zero attached hydrogens (tertiary/aromatic N) is 1. The smallest absolute Gasteiger partial charge is 0.247 e. The van der Waals surface area contributed by atoms with Gasteiger partial charge < -0.3 is 39.7 Å². The lowest BCUT2D eigenvalue weighted by Gasteiger charge is -2.61. The standard InChI is InChI=1S/C32H44N2O8/c1-32(2)20-5-4-18(23(32)12-20)14-34(31(39)19-6-9-41-16-19)24-13-22(30(38)33-7-8-35)26-21-10-17(15-36)11-25(40-3)28(21)42-29(26)27(24)37/h10-11,13,18-20,23-24,26-27,29,35-37H,4-9,12,14-16H2,1-3H3,(H,33,38)/t18-,19?,20-,23-,24+,26-,27-,29-/m0/s1. The van der Waals surface area contributed by atoms with Crippen molar-refractivity contribution < 1.29 is 39.1 Å². The number of aliphatic hydroxyl groups is 3. The maximum absolute atomic E-state index is 14.2. The summed E-state index contributed by atoms with van der Waals surface area (Å²) in [5, 5.41) is 34.1. The number of ether oxygens (including phenoxy) is 3. The van der Waals surface area contributed by atoms with Crippen LogP contribution < -0.4 is 14.8 Å². The average Bonchev–Trinajstić information content (AvgIpc) is 3.67. The number of fused-ring (bicyclic) bond motifs is 5. The molecule has 1 unspecified atom stereocenters. The molecule has 2 heterocycles. The number of benzene rings is 1. The van der Waals surface area contributed by atoms with E-state index >= 15 is 0 Å². The Balaban J connectivity index is 1.40. The summed E-state index contributed by atoms with van der Waals surface area (Å²) in [4.78, 5) is 29.6. The maximum atomic E-state index is 14.2. The van der Waals surface area contributed by atoms with Crippen LogP contribution in [0, 0.1) is 29.1 Å².